The van der Waals surface area contributed by atoms with Gasteiger partial charge in [-0.3, -0.25) is 0 Å². The van der Waals surface area contributed by atoms with Crippen LogP contribution in [0, 0.1) is 12.8 Å². The highest BCUT2D eigenvalue weighted by Crippen LogP contribution is 2.27. The minimum atomic E-state index is 0.597. The molecule has 2 aromatic carbocycles. The van der Waals surface area contributed by atoms with Crippen molar-refractivity contribution >= 4 is 22.7 Å². The van der Waals surface area contributed by atoms with Gasteiger partial charge < -0.3 is 14.4 Å². The Morgan fingerprint density at radius 3 is 2.27 bits per heavy atom. The molecule has 0 radical (unpaired) electrons. The van der Waals surface area contributed by atoms with Crippen molar-refractivity contribution in [3.8, 4) is 0 Å². The third kappa shape index (κ3) is 3.16. The summed E-state index contributed by atoms with van der Waals surface area (Å²) in [5, 5.41) is 0. The van der Waals surface area contributed by atoms with Crippen LogP contribution in [0.15, 0.2) is 48.5 Å². The van der Waals surface area contributed by atoms with Gasteiger partial charge in [0, 0.05) is 38.4 Å². The van der Waals surface area contributed by atoms with Crippen molar-refractivity contribution in [1.29, 1.82) is 0 Å². The Bertz CT molecular complexity index is 888. The Kier molecular flexibility index (Phi) is 4.58. The summed E-state index contributed by atoms with van der Waals surface area (Å²) in [4.78, 5) is 9.93. The fourth-order valence-electron chi connectivity index (χ4n) is 3.91. The van der Waals surface area contributed by atoms with E-state index in [2.05, 4.69) is 83.7 Å². The Hall–Kier alpha value is -2.49. The molecular formula is C22H28N4. The number of hydrogen-bond acceptors (Lipinski definition) is 3. The molecule has 1 fully saturated rings. The first-order valence-corrected chi connectivity index (χ1v) is 9.64. The lowest BCUT2D eigenvalue weighted by Gasteiger charge is -2.37. The van der Waals surface area contributed by atoms with Crippen molar-refractivity contribution in [3.05, 3.63) is 54.1 Å². The van der Waals surface area contributed by atoms with Gasteiger partial charge >= 0.3 is 0 Å². The van der Waals surface area contributed by atoms with E-state index in [-0.39, 0.29) is 0 Å². The molecule has 3 aromatic rings. The fraction of sp³-hybridized carbons (Fsp3) is 0.409. The second-order valence-electron chi connectivity index (χ2n) is 7.67. The predicted octanol–water partition coefficient (Wildman–Crippen LogP) is 4.33. The Morgan fingerprint density at radius 1 is 0.885 bits per heavy atom. The van der Waals surface area contributed by atoms with E-state index >= 15 is 0 Å². The number of aryl methyl sites for hydroxylation is 1. The quantitative estimate of drug-likeness (QED) is 0.701. The van der Waals surface area contributed by atoms with Crippen LogP contribution in [0.5, 0.6) is 0 Å². The molecule has 0 aliphatic carbocycles. The van der Waals surface area contributed by atoms with E-state index in [4.69, 9.17) is 4.98 Å². The van der Waals surface area contributed by atoms with E-state index in [1.807, 2.05) is 0 Å². The van der Waals surface area contributed by atoms with Crippen LogP contribution in [0.1, 0.15) is 19.4 Å². The van der Waals surface area contributed by atoms with E-state index < -0.39 is 0 Å². The SMILES string of the molecule is Cc1ccccc1N1CCN(c2nc3ccccc3n2CC(C)C)CC1. The van der Waals surface area contributed by atoms with E-state index in [0.717, 1.165) is 44.2 Å². The van der Waals surface area contributed by atoms with E-state index in [1.165, 1.54) is 16.8 Å². The van der Waals surface area contributed by atoms with E-state index in [9.17, 15) is 0 Å². The maximum Gasteiger partial charge on any atom is 0.206 e. The zero-order valence-corrected chi connectivity index (χ0v) is 16.0. The first-order chi connectivity index (χ1) is 12.6. The summed E-state index contributed by atoms with van der Waals surface area (Å²) in [6, 6.07) is 17.2. The van der Waals surface area contributed by atoms with Crippen molar-refractivity contribution < 1.29 is 0 Å². The van der Waals surface area contributed by atoms with Gasteiger partial charge in [0.25, 0.3) is 0 Å². The van der Waals surface area contributed by atoms with Crippen molar-refractivity contribution in [2.24, 2.45) is 5.92 Å². The molecule has 1 saturated heterocycles. The minimum Gasteiger partial charge on any atom is -0.368 e. The van der Waals surface area contributed by atoms with Crippen LogP contribution in [-0.4, -0.2) is 35.7 Å². The van der Waals surface area contributed by atoms with Crippen molar-refractivity contribution in [3.63, 3.8) is 0 Å². The van der Waals surface area contributed by atoms with Crippen molar-refractivity contribution in [1.82, 2.24) is 9.55 Å². The highest BCUT2D eigenvalue weighted by Gasteiger charge is 2.23. The molecule has 1 aliphatic rings. The maximum absolute atomic E-state index is 4.98. The van der Waals surface area contributed by atoms with Gasteiger partial charge in [-0.05, 0) is 36.6 Å². The lowest BCUT2D eigenvalue weighted by Crippen LogP contribution is -2.47. The Morgan fingerprint density at radius 2 is 1.54 bits per heavy atom. The smallest absolute Gasteiger partial charge is 0.206 e. The molecule has 0 spiro atoms. The summed E-state index contributed by atoms with van der Waals surface area (Å²) >= 11 is 0. The van der Waals surface area contributed by atoms with Crippen LogP contribution in [0.3, 0.4) is 0 Å². The van der Waals surface area contributed by atoms with Gasteiger partial charge in [0.1, 0.15) is 0 Å². The highest BCUT2D eigenvalue weighted by atomic mass is 15.4. The monoisotopic (exact) mass is 348 g/mol. The summed E-state index contributed by atoms with van der Waals surface area (Å²) in [7, 11) is 0. The third-order valence-electron chi connectivity index (χ3n) is 5.20. The molecule has 136 valence electrons. The zero-order chi connectivity index (χ0) is 18.1. The Balaban J connectivity index is 1.59. The van der Waals surface area contributed by atoms with Gasteiger partial charge in [-0.15, -0.1) is 0 Å². The molecule has 1 aliphatic heterocycles. The van der Waals surface area contributed by atoms with Gasteiger partial charge in [-0.25, -0.2) is 4.98 Å². The van der Waals surface area contributed by atoms with E-state index in [1.54, 1.807) is 0 Å². The van der Waals surface area contributed by atoms with Gasteiger partial charge in [0.2, 0.25) is 5.95 Å². The first-order valence-electron chi connectivity index (χ1n) is 9.64. The van der Waals surface area contributed by atoms with E-state index in [0.29, 0.717) is 5.92 Å². The number of nitrogens with zero attached hydrogens (tertiary/aromatic N) is 4. The summed E-state index contributed by atoms with van der Waals surface area (Å²) < 4.78 is 2.41. The van der Waals surface area contributed by atoms with Crippen LogP contribution >= 0.6 is 0 Å². The molecule has 4 rings (SSSR count). The summed E-state index contributed by atoms with van der Waals surface area (Å²) in [6.45, 7) is 11.8. The molecular weight excluding hydrogens is 320 g/mol. The number of rotatable bonds is 4. The molecule has 2 heterocycles. The average Bonchev–Trinajstić information content (AvgIpc) is 3.00. The van der Waals surface area contributed by atoms with Crippen LogP contribution in [0.2, 0.25) is 0 Å². The van der Waals surface area contributed by atoms with Crippen molar-refractivity contribution in [2.45, 2.75) is 27.3 Å². The lowest BCUT2D eigenvalue weighted by atomic mass is 10.1. The van der Waals surface area contributed by atoms with Crippen LogP contribution in [0.25, 0.3) is 11.0 Å². The van der Waals surface area contributed by atoms with Crippen LogP contribution in [0.4, 0.5) is 11.6 Å². The molecule has 0 amide bonds. The number of hydrogen-bond donors (Lipinski definition) is 0. The standard InChI is InChI=1S/C22H28N4/c1-17(2)16-26-21-11-7-5-9-19(21)23-22(26)25-14-12-24(13-15-25)20-10-6-4-8-18(20)3/h4-11,17H,12-16H2,1-3H3. The highest BCUT2D eigenvalue weighted by molar-refractivity contribution is 5.79. The van der Waals surface area contributed by atoms with Gasteiger partial charge in [0.05, 0.1) is 11.0 Å². The molecule has 0 saturated carbocycles. The number of benzene rings is 2. The number of aromatic nitrogens is 2. The summed E-state index contributed by atoms with van der Waals surface area (Å²) in [5.41, 5.74) is 5.07. The minimum absolute atomic E-state index is 0.597. The number of imidazole rings is 1. The molecule has 4 heteroatoms. The number of fused-ring (bicyclic) bond motifs is 1. The second-order valence-corrected chi connectivity index (χ2v) is 7.67. The largest absolute Gasteiger partial charge is 0.368 e. The topological polar surface area (TPSA) is 24.3 Å². The first kappa shape index (κ1) is 17.0. The maximum atomic E-state index is 4.98. The average molecular weight is 348 g/mol. The molecule has 1 aromatic heterocycles. The fourth-order valence-corrected chi connectivity index (χ4v) is 3.91. The van der Waals surface area contributed by atoms with Crippen LogP contribution in [-0.2, 0) is 6.54 Å². The molecule has 4 nitrogen and oxygen atoms in total. The lowest BCUT2D eigenvalue weighted by molar-refractivity contribution is 0.522. The molecule has 0 atom stereocenters. The molecule has 0 N–H and O–H groups in total. The van der Waals surface area contributed by atoms with Gasteiger partial charge in [0.15, 0.2) is 0 Å². The number of piperazine rings is 1. The van der Waals surface area contributed by atoms with Crippen molar-refractivity contribution in [2.75, 3.05) is 36.0 Å². The van der Waals surface area contributed by atoms with Gasteiger partial charge in [-0.1, -0.05) is 44.2 Å². The van der Waals surface area contributed by atoms with Crippen LogP contribution < -0.4 is 9.80 Å². The number of anilines is 2. The summed E-state index contributed by atoms with van der Waals surface area (Å²) in [5.74, 6) is 1.73. The normalized spacial score (nSPS) is 15.2. The molecule has 0 bridgehead atoms. The third-order valence-corrected chi connectivity index (χ3v) is 5.20. The number of para-hydroxylation sites is 3. The molecule has 0 unspecified atom stereocenters. The predicted molar refractivity (Wildman–Crippen MR) is 110 cm³/mol. The second kappa shape index (κ2) is 7.02. The zero-order valence-electron chi connectivity index (χ0n) is 16.0. The van der Waals surface area contributed by atoms with Gasteiger partial charge in [-0.2, -0.15) is 0 Å². The molecule has 26 heavy (non-hydrogen) atoms. The Labute approximate surface area is 156 Å². The summed E-state index contributed by atoms with van der Waals surface area (Å²) in [6.07, 6.45) is 0.